The highest BCUT2D eigenvalue weighted by Crippen LogP contribution is 2.17. The molecule has 0 spiro atoms. The molecular weight excluding hydrogens is 202 g/mol. The van der Waals surface area contributed by atoms with Crippen LogP contribution in [0.25, 0.3) is 0 Å². The Morgan fingerprint density at radius 1 is 1.38 bits per heavy atom. The fraction of sp³-hybridized carbons (Fsp3) is 0.917. The summed E-state index contributed by atoms with van der Waals surface area (Å²) in [5.74, 6) is 0.522. The van der Waals surface area contributed by atoms with E-state index in [4.69, 9.17) is 10.8 Å². The van der Waals surface area contributed by atoms with Crippen LogP contribution in [0.15, 0.2) is 4.99 Å². The lowest BCUT2D eigenvalue weighted by molar-refractivity contribution is 0.167. The van der Waals surface area contributed by atoms with Gasteiger partial charge in [-0.05, 0) is 12.8 Å². The van der Waals surface area contributed by atoms with Gasteiger partial charge in [-0.1, -0.05) is 33.1 Å². The lowest BCUT2D eigenvalue weighted by atomic mass is 9.95. The summed E-state index contributed by atoms with van der Waals surface area (Å²) in [5.41, 5.74) is 5.64. The zero-order valence-electron chi connectivity index (χ0n) is 10.5. The molecule has 0 unspecified atom stereocenters. The first-order valence-corrected chi connectivity index (χ1v) is 6.21. The Bertz CT molecular complexity index is 232. The van der Waals surface area contributed by atoms with Crippen LogP contribution in [0.1, 0.15) is 46.0 Å². The van der Waals surface area contributed by atoms with Crippen molar-refractivity contribution in [2.45, 2.75) is 52.0 Å². The first-order valence-electron chi connectivity index (χ1n) is 6.21. The van der Waals surface area contributed by atoms with Crippen LogP contribution >= 0.6 is 0 Å². The highest BCUT2D eigenvalue weighted by atomic mass is 16.3. The lowest BCUT2D eigenvalue weighted by Gasteiger charge is -2.24. The third-order valence-corrected chi connectivity index (χ3v) is 3.06. The van der Waals surface area contributed by atoms with Gasteiger partial charge in [0, 0.05) is 18.1 Å². The van der Waals surface area contributed by atoms with Crippen molar-refractivity contribution < 1.29 is 5.11 Å². The number of nitrogens with two attached hydrogens (primary N) is 1. The van der Waals surface area contributed by atoms with E-state index in [0.717, 1.165) is 0 Å². The van der Waals surface area contributed by atoms with Crippen LogP contribution in [-0.4, -0.2) is 30.3 Å². The summed E-state index contributed by atoms with van der Waals surface area (Å²) in [4.78, 5) is 4.28. The van der Waals surface area contributed by atoms with Gasteiger partial charge in [0.2, 0.25) is 0 Å². The minimum Gasteiger partial charge on any atom is -0.396 e. The summed E-state index contributed by atoms with van der Waals surface area (Å²) in [7, 11) is 0. The number of nitrogens with zero attached hydrogens (tertiary/aromatic N) is 1. The average Bonchev–Trinajstić information content (AvgIpc) is 2.28. The molecule has 0 atom stereocenters. The van der Waals surface area contributed by atoms with E-state index in [9.17, 15) is 0 Å². The molecule has 0 aromatic heterocycles. The molecule has 0 saturated heterocycles. The number of hydrogen-bond acceptors (Lipinski definition) is 2. The van der Waals surface area contributed by atoms with Crippen molar-refractivity contribution in [1.82, 2.24) is 5.32 Å². The van der Waals surface area contributed by atoms with Crippen LogP contribution < -0.4 is 11.1 Å². The molecule has 1 aliphatic rings. The van der Waals surface area contributed by atoms with Gasteiger partial charge in [-0.15, -0.1) is 0 Å². The number of nitrogens with one attached hydrogen (secondary N) is 1. The molecule has 4 N–H and O–H groups in total. The second kappa shape index (κ2) is 6.09. The van der Waals surface area contributed by atoms with Crippen LogP contribution in [0.2, 0.25) is 0 Å². The number of aliphatic imine (C=N–C) groups is 1. The Morgan fingerprint density at radius 3 is 2.56 bits per heavy atom. The normalized spacial score (nSPS) is 19.8. The zero-order chi connectivity index (χ0) is 12.0. The zero-order valence-corrected chi connectivity index (χ0v) is 10.5. The van der Waals surface area contributed by atoms with E-state index >= 15 is 0 Å². The van der Waals surface area contributed by atoms with Gasteiger partial charge in [0.15, 0.2) is 5.96 Å². The molecule has 0 amide bonds. The largest absolute Gasteiger partial charge is 0.396 e. The van der Waals surface area contributed by atoms with E-state index in [1.165, 1.54) is 32.1 Å². The smallest absolute Gasteiger partial charge is 0.188 e. The Hall–Kier alpha value is -0.770. The molecule has 0 aromatic carbocycles. The predicted octanol–water partition coefficient (Wildman–Crippen LogP) is 1.24. The Morgan fingerprint density at radius 2 is 2.00 bits per heavy atom. The van der Waals surface area contributed by atoms with Gasteiger partial charge in [0.1, 0.15) is 0 Å². The topological polar surface area (TPSA) is 70.6 Å². The number of rotatable bonds is 4. The van der Waals surface area contributed by atoms with Crippen LogP contribution in [-0.2, 0) is 0 Å². The summed E-state index contributed by atoms with van der Waals surface area (Å²) in [5, 5.41) is 12.4. The molecule has 0 aromatic rings. The van der Waals surface area contributed by atoms with E-state index < -0.39 is 0 Å². The molecule has 4 nitrogen and oxygen atoms in total. The van der Waals surface area contributed by atoms with Gasteiger partial charge >= 0.3 is 0 Å². The number of aliphatic hydroxyl groups is 1. The van der Waals surface area contributed by atoms with Gasteiger partial charge in [0.25, 0.3) is 0 Å². The molecular formula is C12H25N3O. The van der Waals surface area contributed by atoms with Gasteiger partial charge in [0.05, 0.1) is 6.54 Å². The molecule has 0 aliphatic heterocycles. The van der Waals surface area contributed by atoms with Crippen molar-refractivity contribution in [3.05, 3.63) is 0 Å². The number of aliphatic hydroxyl groups excluding tert-OH is 1. The minimum absolute atomic E-state index is 0.132. The summed E-state index contributed by atoms with van der Waals surface area (Å²) >= 11 is 0. The molecule has 1 saturated carbocycles. The van der Waals surface area contributed by atoms with Crippen molar-refractivity contribution >= 4 is 5.96 Å². The molecule has 94 valence electrons. The van der Waals surface area contributed by atoms with E-state index in [1.807, 2.05) is 13.8 Å². The van der Waals surface area contributed by atoms with Crippen LogP contribution in [0.4, 0.5) is 0 Å². The van der Waals surface area contributed by atoms with Crippen molar-refractivity contribution in [2.24, 2.45) is 16.1 Å². The van der Waals surface area contributed by atoms with E-state index in [2.05, 4.69) is 10.3 Å². The fourth-order valence-electron chi connectivity index (χ4n) is 1.85. The van der Waals surface area contributed by atoms with E-state index in [-0.39, 0.29) is 12.0 Å². The highest BCUT2D eigenvalue weighted by molar-refractivity contribution is 5.78. The monoisotopic (exact) mass is 227 g/mol. The van der Waals surface area contributed by atoms with E-state index in [0.29, 0.717) is 18.5 Å². The number of hydrogen-bond donors (Lipinski definition) is 3. The van der Waals surface area contributed by atoms with Gasteiger partial charge in [-0.2, -0.15) is 0 Å². The molecule has 1 fully saturated rings. The number of guanidine groups is 1. The first kappa shape index (κ1) is 13.3. The second-order valence-corrected chi connectivity index (χ2v) is 5.50. The summed E-state index contributed by atoms with van der Waals surface area (Å²) in [6.07, 6.45) is 6.30. The van der Waals surface area contributed by atoms with Crippen molar-refractivity contribution in [3.8, 4) is 0 Å². The maximum absolute atomic E-state index is 9.10. The predicted molar refractivity (Wildman–Crippen MR) is 67.4 cm³/mol. The standard InChI is InChI=1S/C12H25N3O/c1-12(2,9-16)8-14-11(13)15-10-6-4-3-5-7-10/h10,16H,3-9H2,1-2H3,(H3,13,14,15). The Kier molecular flexibility index (Phi) is 5.06. The lowest BCUT2D eigenvalue weighted by Crippen LogP contribution is -2.41. The highest BCUT2D eigenvalue weighted by Gasteiger charge is 2.17. The minimum atomic E-state index is -0.182. The summed E-state index contributed by atoms with van der Waals surface area (Å²) in [6.45, 7) is 4.65. The average molecular weight is 227 g/mol. The van der Waals surface area contributed by atoms with Crippen molar-refractivity contribution in [3.63, 3.8) is 0 Å². The molecule has 0 radical (unpaired) electrons. The molecule has 16 heavy (non-hydrogen) atoms. The van der Waals surface area contributed by atoms with Crippen molar-refractivity contribution in [1.29, 1.82) is 0 Å². The summed E-state index contributed by atoms with van der Waals surface area (Å²) < 4.78 is 0. The maximum atomic E-state index is 9.10. The van der Waals surface area contributed by atoms with Crippen molar-refractivity contribution in [2.75, 3.05) is 13.2 Å². The second-order valence-electron chi connectivity index (χ2n) is 5.50. The third kappa shape index (κ3) is 4.84. The molecule has 0 bridgehead atoms. The third-order valence-electron chi connectivity index (χ3n) is 3.06. The van der Waals surface area contributed by atoms with Gasteiger partial charge in [-0.25, -0.2) is 0 Å². The Labute approximate surface area is 98.3 Å². The molecule has 0 heterocycles. The fourth-order valence-corrected chi connectivity index (χ4v) is 1.85. The van der Waals surface area contributed by atoms with Crippen LogP contribution in [0.3, 0.4) is 0 Å². The quantitative estimate of drug-likeness (QED) is 0.500. The Balaban J connectivity index is 2.32. The van der Waals surface area contributed by atoms with Gasteiger partial charge < -0.3 is 16.2 Å². The van der Waals surface area contributed by atoms with Gasteiger partial charge in [-0.3, -0.25) is 4.99 Å². The maximum Gasteiger partial charge on any atom is 0.188 e. The SMILES string of the molecule is CC(C)(CO)CN=C(N)NC1CCCCC1. The first-order chi connectivity index (χ1) is 7.53. The van der Waals surface area contributed by atoms with Crippen LogP contribution in [0, 0.1) is 5.41 Å². The summed E-state index contributed by atoms with van der Waals surface area (Å²) in [6, 6.07) is 0.495. The molecule has 4 heteroatoms. The molecule has 1 rings (SSSR count). The molecule has 1 aliphatic carbocycles. The van der Waals surface area contributed by atoms with E-state index in [1.54, 1.807) is 0 Å². The van der Waals surface area contributed by atoms with Crippen LogP contribution in [0.5, 0.6) is 0 Å².